The SMILES string of the molecule is COc1ccc(CNC(=O)OC(C)(C)C)cc1C(=O)N(C)Cc1nnc2n1CCCC2C(F)(F)F. The minimum Gasteiger partial charge on any atom is -0.496 e. The van der Waals surface area contributed by atoms with Gasteiger partial charge in [0.15, 0.2) is 5.82 Å². The van der Waals surface area contributed by atoms with Crippen LogP contribution in [-0.4, -0.2) is 57.6 Å². The van der Waals surface area contributed by atoms with Crippen molar-refractivity contribution in [2.45, 2.75) is 70.9 Å². The number of carbonyl (C=O) groups is 2. The molecule has 0 radical (unpaired) electrons. The third-order valence-electron chi connectivity index (χ3n) is 5.49. The second-order valence-electron chi connectivity index (χ2n) is 9.41. The van der Waals surface area contributed by atoms with Crippen molar-refractivity contribution in [2.24, 2.45) is 0 Å². The summed E-state index contributed by atoms with van der Waals surface area (Å²) in [5.41, 5.74) is 0.237. The van der Waals surface area contributed by atoms with Crippen LogP contribution in [0.1, 0.15) is 67.1 Å². The average molecular weight is 498 g/mol. The van der Waals surface area contributed by atoms with Gasteiger partial charge in [0.2, 0.25) is 0 Å². The Labute approximate surface area is 201 Å². The molecule has 192 valence electrons. The number of hydrogen-bond acceptors (Lipinski definition) is 6. The zero-order valence-corrected chi connectivity index (χ0v) is 20.4. The highest BCUT2D eigenvalue weighted by Crippen LogP contribution is 2.40. The molecule has 0 saturated heterocycles. The van der Waals surface area contributed by atoms with E-state index in [1.165, 1.54) is 23.6 Å². The van der Waals surface area contributed by atoms with Gasteiger partial charge in [-0.3, -0.25) is 4.79 Å². The predicted octanol–water partition coefficient (Wildman–Crippen LogP) is 4.02. The molecule has 9 nitrogen and oxygen atoms in total. The van der Waals surface area contributed by atoms with Crippen LogP contribution in [0.4, 0.5) is 18.0 Å². The molecule has 1 aromatic heterocycles. The van der Waals surface area contributed by atoms with Gasteiger partial charge in [0.25, 0.3) is 5.91 Å². The minimum absolute atomic E-state index is 0.0278. The van der Waals surface area contributed by atoms with E-state index in [0.29, 0.717) is 24.3 Å². The van der Waals surface area contributed by atoms with Gasteiger partial charge >= 0.3 is 12.3 Å². The lowest BCUT2D eigenvalue weighted by Gasteiger charge is -2.26. The highest BCUT2D eigenvalue weighted by atomic mass is 19.4. The number of fused-ring (bicyclic) bond motifs is 1. The van der Waals surface area contributed by atoms with E-state index < -0.39 is 29.7 Å². The van der Waals surface area contributed by atoms with Gasteiger partial charge in [0, 0.05) is 20.1 Å². The fourth-order valence-corrected chi connectivity index (χ4v) is 3.87. The van der Waals surface area contributed by atoms with Crippen LogP contribution in [0.3, 0.4) is 0 Å². The van der Waals surface area contributed by atoms with Crippen LogP contribution in [0.2, 0.25) is 0 Å². The predicted molar refractivity (Wildman–Crippen MR) is 120 cm³/mol. The topological polar surface area (TPSA) is 98.6 Å². The van der Waals surface area contributed by atoms with Crippen LogP contribution in [0.15, 0.2) is 18.2 Å². The molecular formula is C23H30F3N5O4. The molecule has 2 heterocycles. The Morgan fingerprint density at radius 2 is 1.94 bits per heavy atom. The summed E-state index contributed by atoms with van der Waals surface area (Å²) in [6.45, 7) is 5.72. The molecule has 0 fully saturated rings. The fourth-order valence-electron chi connectivity index (χ4n) is 3.87. The number of alkyl carbamates (subject to hydrolysis) is 1. The number of nitrogens with zero attached hydrogens (tertiary/aromatic N) is 4. The van der Waals surface area contributed by atoms with Gasteiger partial charge < -0.3 is 24.3 Å². The summed E-state index contributed by atoms with van der Waals surface area (Å²) in [6, 6.07) is 4.91. The van der Waals surface area contributed by atoms with Crippen molar-refractivity contribution >= 4 is 12.0 Å². The molecule has 0 spiro atoms. The lowest BCUT2D eigenvalue weighted by molar-refractivity contribution is -0.156. The van der Waals surface area contributed by atoms with Crippen molar-refractivity contribution in [3.05, 3.63) is 41.0 Å². The van der Waals surface area contributed by atoms with E-state index in [4.69, 9.17) is 9.47 Å². The maximum atomic E-state index is 13.4. The van der Waals surface area contributed by atoms with Gasteiger partial charge in [-0.2, -0.15) is 13.2 Å². The first-order chi connectivity index (χ1) is 16.3. The molecule has 1 aliphatic rings. The van der Waals surface area contributed by atoms with Crippen molar-refractivity contribution < 1.29 is 32.2 Å². The summed E-state index contributed by atoms with van der Waals surface area (Å²) in [5.74, 6) is -1.59. The van der Waals surface area contributed by atoms with Crippen LogP contribution < -0.4 is 10.1 Å². The Bertz CT molecular complexity index is 1080. The number of alkyl halides is 3. The third kappa shape index (κ3) is 6.43. The van der Waals surface area contributed by atoms with Crippen LogP contribution in [0.5, 0.6) is 5.75 Å². The Hall–Kier alpha value is -3.31. The van der Waals surface area contributed by atoms with E-state index >= 15 is 0 Å². The molecule has 0 aliphatic carbocycles. The monoisotopic (exact) mass is 497 g/mol. The van der Waals surface area contributed by atoms with Crippen LogP contribution in [0.25, 0.3) is 0 Å². The van der Waals surface area contributed by atoms with Crippen molar-refractivity contribution in [1.82, 2.24) is 25.0 Å². The number of ether oxygens (including phenoxy) is 2. The lowest BCUT2D eigenvalue weighted by Crippen LogP contribution is -2.32. The third-order valence-corrected chi connectivity index (χ3v) is 5.49. The zero-order chi connectivity index (χ0) is 26.0. The molecule has 12 heteroatoms. The standard InChI is InChI=1S/C23H30F3N5O4/c1-22(2,3)35-21(33)27-12-14-8-9-17(34-5)15(11-14)20(32)30(4)13-18-28-29-19-16(23(24,25)26)7-6-10-31(18)19/h8-9,11,16H,6-7,10,12-13H2,1-5H3,(H,27,33). The molecule has 1 aromatic carbocycles. The summed E-state index contributed by atoms with van der Waals surface area (Å²) < 4.78 is 52.1. The number of halogens is 3. The summed E-state index contributed by atoms with van der Waals surface area (Å²) in [7, 11) is 2.95. The van der Waals surface area contributed by atoms with Gasteiger partial charge in [-0.15, -0.1) is 10.2 Å². The molecule has 0 bridgehead atoms. The lowest BCUT2D eigenvalue weighted by atomic mass is 9.98. The second-order valence-corrected chi connectivity index (χ2v) is 9.41. The number of amides is 2. The van der Waals surface area contributed by atoms with Gasteiger partial charge in [0.05, 0.1) is 19.2 Å². The quantitative estimate of drug-likeness (QED) is 0.647. The van der Waals surface area contributed by atoms with Gasteiger partial charge in [-0.1, -0.05) is 6.07 Å². The number of hydrogen-bond donors (Lipinski definition) is 1. The van der Waals surface area contributed by atoms with Gasteiger partial charge in [-0.05, 0) is 51.3 Å². The number of aromatic nitrogens is 3. The van der Waals surface area contributed by atoms with Gasteiger partial charge in [0.1, 0.15) is 23.1 Å². The van der Waals surface area contributed by atoms with Crippen molar-refractivity contribution in [3.63, 3.8) is 0 Å². The average Bonchev–Trinajstić information content (AvgIpc) is 3.17. The molecule has 1 N–H and O–H groups in total. The summed E-state index contributed by atoms with van der Waals surface area (Å²) >= 11 is 0. The Kier molecular flexibility index (Phi) is 7.61. The van der Waals surface area contributed by atoms with E-state index in [1.807, 2.05) is 0 Å². The van der Waals surface area contributed by atoms with Crippen molar-refractivity contribution in [3.8, 4) is 5.75 Å². The van der Waals surface area contributed by atoms with Crippen LogP contribution in [-0.2, 0) is 24.4 Å². The zero-order valence-electron chi connectivity index (χ0n) is 20.4. The maximum absolute atomic E-state index is 13.4. The summed E-state index contributed by atoms with van der Waals surface area (Å²) in [4.78, 5) is 26.5. The van der Waals surface area contributed by atoms with Gasteiger partial charge in [-0.25, -0.2) is 4.79 Å². The van der Waals surface area contributed by atoms with Crippen LogP contribution >= 0.6 is 0 Å². The summed E-state index contributed by atoms with van der Waals surface area (Å²) in [5, 5.41) is 10.4. The minimum atomic E-state index is -4.40. The summed E-state index contributed by atoms with van der Waals surface area (Å²) in [6.07, 6.45) is -4.67. The molecule has 2 aromatic rings. The molecular weight excluding hydrogens is 467 g/mol. The van der Waals surface area contributed by atoms with E-state index in [1.54, 1.807) is 39.0 Å². The largest absolute Gasteiger partial charge is 0.496 e. The molecule has 2 amide bonds. The van der Waals surface area contributed by atoms with E-state index in [0.717, 1.165) is 0 Å². The van der Waals surface area contributed by atoms with Crippen molar-refractivity contribution in [1.29, 1.82) is 0 Å². The number of benzene rings is 1. The molecule has 1 atom stereocenters. The maximum Gasteiger partial charge on any atom is 0.407 e. The first-order valence-electron chi connectivity index (χ1n) is 11.2. The molecule has 0 saturated carbocycles. The smallest absolute Gasteiger partial charge is 0.407 e. The number of methoxy groups -OCH3 is 1. The highest BCUT2D eigenvalue weighted by molar-refractivity contribution is 5.97. The molecule has 35 heavy (non-hydrogen) atoms. The molecule has 3 rings (SSSR count). The Morgan fingerprint density at radius 1 is 1.23 bits per heavy atom. The molecule has 1 unspecified atom stereocenters. The first-order valence-corrected chi connectivity index (χ1v) is 11.2. The Balaban J connectivity index is 1.75. The van der Waals surface area contributed by atoms with Crippen molar-refractivity contribution in [2.75, 3.05) is 14.2 Å². The fraction of sp³-hybridized carbons (Fsp3) is 0.565. The number of rotatable bonds is 6. The highest BCUT2D eigenvalue weighted by Gasteiger charge is 2.45. The van der Waals surface area contributed by atoms with E-state index in [-0.39, 0.29) is 36.7 Å². The first kappa shape index (κ1) is 26.3. The van der Waals surface area contributed by atoms with E-state index in [2.05, 4.69) is 15.5 Å². The van der Waals surface area contributed by atoms with Crippen LogP contribution in [0, 0.1) is 0 Å². The molecule has 1 aliphatic heterocycles. The second kappa shape index (κ2) is 10.1. The normalized spacial score (nSPS) is 15.8. The number of nitrogens with one attached hydrogen (secondary N) is 1. The number of carbonyl (C=O) groups excluding carboxylic acids is 2. The van der Waals surface area contributed by atoms with E-state index in [9.17, 15) is 22.8 Å². The Morgan fingerprint density at radius 3 is 2.57 bits per heavy atom.